The normalized spacial score (nSPS) is 24.1. The van der Waals surface area contributed by atoms with Crippen molar-refractivity contribution in [3.8, 4) is 0 Å². The summed E-state index contributed by atoms with van der Waals surface area (Å²) >= 11 is 0. The number of hydrogen-bond donors (Lipinski definition) is 5. The third kappa shape index (κ3) is 1.78. The first-order valence-electron chi connectivity index (χ1n) is 5.67. The highest BCUT2D eigenvalue weighted by atomic mass is 16.6. The van der Waals surface area contributed by atoms with Crippen molar-refractivity contribution >= 4 is 5.82 Å². The molecule has 1 saturated heterocycles. The minimum absolute atomic E-state index is 0.383. The molecule has 94 valence electrons. The lowest BCUT2D eigenvalue weighted by molar-refractivity contribution is 0.0467. The Hall–Kier alpha value is -1.22. The molecule has 1 unspecified atom stereocenters. The Morgan fingerprint density at radius 3 is 2.82 bits per heavy atom. The predicted molar refractivity (Wildman–Crippen MR) is 58.1 cm³/mol. The van der Waals surface area contributed by atoms with Crippen LogP contribution >= 0.6 is 0 Å². The summed E-state index contributed by atoms with van der Waals surface area (Å²) in [5.74, 6) is 0.506. The Bertz CT molecular complexity index is 396. The SMILES string of the molecule is NC(NO)c1nonc1NC1CC2(CNC2)C1. The second kappa shape index (κ2) is 3.91. The molecule has 17 heavy (non-hydrogen) atoms. The van der Waals surface area contributed by atoms with E-state index in [0.717, 1.165) is 25.9 Å². The van der Waals surface area contributed by atoms with Crippen LogP contribution in [-0.2, 0) is 0 Å². The number of hydrogen-bond acceptors (Lipinski definition) is 8. The zero-order valence-corrected chi connectivity index (χ0v) is 9.31. The first-order valence-corrected chi connectivity index (χ1v) is 5.67. The minimum Gasteiger partial charge on any atom is -0.363 e. The van der Waals surface area contributed by atoms with Gasteiger partial charge < -0.3 is 21.6 Å². The molecule has 1 aromatic heterocycles. The van der Waals surface area contributed by atoms with Crippen molar-refractivity contribution < 1.29 is 9.84 Å². The number of nitrogens with zero attached hydrogens (tertiary/aromatic N) is 2. The van der Waals surface area contributed by atoms with Crippen molar-refractivity contribution in [2.24, 2.45) is 11.1 Å². The molecule has 1 aliphatic heterocycles. The fourth-order valence-corrected chi connectivity index (χ4v) is 2.61. The van der Waals surface area contributed by atoms with Crippen LogP contribution in [0.25, 0.3) is 0 Å². The van der Waals surface area contributed by atoms with E-state index in [0.29, 0.717) is 23.0 Å². The molecular weight excluding hydrogens is 224 g/mol. The molecule has 2 heterocycles. The summed E-state index contributed by atoms with van der Waals surface area (Å²) in [6.07, 6.45) is 1.45. The lowest BCUT2D eigenvalue weighted by Gasteiger charge is -2.54. The highest BCUT2D eigenvalue weighted by Gasteiger charge is 2.48. The predicted octanol–water partition coefficient (Wildman–Crippen LogP) is -0.830. The van der Waals surface area contributed by atoms with Gasteiger partial charge in [0.25, 0.3) is 0 Å². The molecule has 1 aromatic rings. The minimum atomic E-state index is -0.789. The van der Waals surface area contributed by atoms with Gasteiger partial charge in [-0.1, -0.05) is 0 Å². The Morgan fingerprint density at radius 1 is 1.47 bits per heavy atom. The number of aromatic nitrogens is 2. The maximum Gasteiger partial charge on any atom is 0.197 e. The largest absolute Gasteiger partial charge is 0.363 e. The van der Waals surface area contributed by atoms with Gasteiger partial charge in [0.1, 0.15) is 6.17 Å². The second-order valence-electron chi connectivity index (χ2n) is 4.96. The molecule has 0 amide bonds. The van der Waals surface area contributed by atoms with Crippen LogP contribution in [-0.4, -0.2) is 34.7 Å². The number of nitrogens with one attached hydrogen (secondary N) is 3. The zero-order chi connectivity index (χ0) is 11.9. The van der Waals surface area contributed by atoms with Crippen LogP contribution in [0, 0.1) is 5.41 Å². The highest BCUT2D eigenvalue weighted by molar-refractivity contribution is 5.41. The van der Waals surface area contributed by atoms with Crippen LogP contribution in [0.2, 0.25) is 0 Å². The second-order valence-corrected chi connectivity index (χ2v) is 4.96. The number of rotatable bonds is 4. The van der Waals surface area contributed by atoms with Gasteiger partial charge in [0.05, 0.1) is 0 Å². The van der Waals surface area contributed by atoms with Crippen molar-refractivity contribution in [2.45, 2.75) is 25.0 Å². The monoisotopic (exact) mass is 240 g/mol. The molecule has 1 saturated carbocycles. The first-order chi connectivity index (χ1) is 8.22. The first kappa shape index (κ1) is 10.9. The van der Waals surface area contributed by atoms with Crippen LogP contribution in [0.5, 0.6) is 0 Å². The summed E-state index contributed by atoms with van der Waals surface area (Å²) in [5, 5.41) is 22.7. The van der Waals surface area contributed by atoms with Crippen molar-refractivity contribution in [1.29, 1.82) is 0 Å². The number of nitrogens with two attached hydrogens (primary N) is 1. The number of anilines is 1. The molecule has 3 rings (SSSR count). The summed E-state index contributed by atoms with van der Waals surface area (Å²) in [6.45, 7) is 2.21. The van der Waals surface area contributed by atoms with E-state index in [9.17, 15) is 0 Å². The summed E-state index contributed by atoms with van der Waals surface area (Å²) in [5.41, 5.74) is 8.39. The van der Waals surface area contributed by atoms with E-state index < -0.39 is 6.17 Å². The topological polar surface area (TPSA) is 121 Å². The van der Waals surface area contributed by atoms with Gasteiger partial charge in [0.2, 0.25) is 0 Å². The average Bonchev–Trinajstić information content (AvgIpc) is 2.66. The molecule has 0 aromatic carbocycles. The van der Waals surface area contributed by atoms with Crippen LogP contribution in [0.4, 0.5) is 5.82 Å². The van der Waals surface area contributed by atoms with Gasteiger partial charge in [-0.2, -0.15) is 5.48 Å². The van der Waals surface area contributed by atoms with Crippen molar-refractivity contribution in [3.05, 3.63) is 5.69 Å². The van der Waals surface area contributed by atoms with E-state index in [1.54, 1.807) is 0 Å². The summed E-state index contributed by atoms with van der Waals surface area (Å²) in [7, 11) is 0. The highest BCUT2D eigenvalue weighted by Crippen LogP contribution is 2.45. The molecule has 6 N–H and O–H groups in total. The summed E-state index contributed by atoms with van der Waals surface area (Å²) < 4.78 is 4.62. The maximum absolute atomic E-state index is 8.75. The van der Waals surface area contributed by atoms with Gasteiger partial charge in [0, 0.05) is 19.1 Å². The van der Waals surface area contributed by atoms with Crippen LogP contribution in [0.1, 0.15) is 24.7 Å². The van der Waals surface area contributed by atoms with Gasteiger partial charge in [-0.15, -0.1) is 0 Å². The molecule has 1 atom stereocenters. The van der Waals surface area contributed by atoms with Crippen molar-refractivity contribution in [2.75, 3.05) is 18.4 Å². The van der Waals surface area contributed by atoms with E-state index in [4.69, 9.17) is 10.9 Å². The van der Waals surface area contributed by atoms with Gasteiger partial charge in [0.15, 0.2) is 11.5 Å². The van der Waals surface area contributed by atoms with Gasteiger partial charge in [-0.05, 0) is 28.6 Å². The fraction of sp³-hybridized carbons (Fsp3) is 0.778. The van der Waals surface area contributed by atoms with Crippen LogP contribution < -0.4 is 21.8 Å². The quantitative estimate of drug-likeness (QED) is 0.341. The molecule has 0 radical (unpaired) electrons. The average molecular weight is 240 g/mol. The van der Waals surface area contributed by atoms with Crippen LogP contribution in [0.3, 0.4) is 0 Å². The van der Waals surface area contributed by atoms with E-state index in [1.165, 1.54) is 0 Å². The third-order valence-electron chi connectivity index (χ3n) is 3.65. The third-order valence-corrected chi connectivity index (χ3v) is 3.65. The molecule has 1 spiro atoms. The standard InChI is InChI=1S/C9H16N6O2/c10-7(13-16)6-8(15-17-14-6)12-5-1-9(2-5)3-11-4-9/h5,7,11,13,16H,1-4,10H2,(H,12,15). The molecule has 1 aliphatic carbocycles. The smallest absolute Gasteiger partial charge is 0.197 e. The Kier molecular flexibility index (Phi) is 2.51. The Morgan fingerprint density at radius 2 is 2.24 bits per heavy atom. The lowest BCUT2D eigenvalue weighted by Crippen LogP contribution is -2.63. The van der Waals surface area contributed by atoms with Gasteiger partial charge >= 0.3 is 0 Å². The number of hydroxylamine groups is 1. The van der Waals surface area contributed by atoms with Gasteiger partial charge in [-0.3, -0.25) is 0 Å². The molecule has 2 aliphatic rings. The van der Waals surface area contributed by atoms with Crippen molar-refractivity contribution in [1.82, 2.24) is 21.1 Å². The van der Waals surface area contributed by atoms with Crippen LogP contribution in [0.15, 0.2) is 4.63 Å². The Balaban J connectivity index is 1.60. The fourth-order valence-electron chi connectivity index (χ4n) is 2.61. The molecule has 8 nitrogen and oxygen atoms in total. The summed E-state index contributed by atoms with van der Waals surface area (Å²) in [4.78, 5) is 0. The summed E-state index contributed by atoms with van der Waals surface area (Å²) in [6, 6.07) is 0.383. The lowest BCUT2D eigenvalue weighted by atomic mass is 9.62. The molecule has 0 bridgehead atoms. The van der Waals surface area contributed by atoms with Gasteiger partial charge in [-0.25, -0.2) is 4.63 Å². The zero-order valence-electron chi connectivity index (χ0n) is 9.31. The van der Waals surface area contributed by atoms with E-state index in [2.05, 4.69) is 25.6 Å². The van der Waals surface area contributed by atoms with E-state index >= 15 is 0 Å². The van der Waals surface area contributed by atoms with E-state index in [1.807, 2.05) is 5.48 Å². The van der Waals surface area contributed by atoms with Crippen molar-refractivity contribution in [3.63, 3.8) is 0 Å². The molecule has 8 heteroatoms. The van der Waals surface area contributed by atoms with E-state index in [-0.39, 0.29) is 0 Å². The maximum atomic E-state index is 8.75. The molecular formula is C9H16N6O2. The molecule has 2 fully saturated rings. The Labute approximate surface area is 97.8 Å².